The van der Waals surface area contributed by atoms with E-state index in [0.29, 0.717) is 33.0 Å². The molecular formula is C28H25Cl4N5O3. The Labute approximate surface area is 251 Å². The van der Waals surface area contributed by atoms with Crippen LogP contribution >= 0.6 is 46.4 Å². The molecule has 0 aliphatic carbocycles. The van der Waals surface area contributed by atoms with Crippen molar-refractivity contribution in [2.24, 2.45) is 0 Å². The van der Waals surface area contributed by atoms with Crippen molar-refractivity contribution in [1.29, 1.82) is 0 Å². The van der Waals surface area contributed by atoms with Gasteiger partial charge in [0, 0.05) is 11.5 Å². The Morgan fingerprint density at radius 1 is 0.825 bits per heavy atom. The molecule has 0 saturated carbocycles. The number of amides is 3. The number of anilines is 3. The van der Waals surface area contributed by atoms with Crippen LogP contribution in [-0.2, 0) is 12.0 Å². The molecule has 0 atom stereocenters. The molecule has 0 aliphatic heterocycles. The molecular weight excluding hydrogens is 596 g/mol. The van der Waals surface area contributed by atoms with E-state index in [0.717, 1.165) is 11.3 Å². The number of hydrogen-bond donors (Lipinski definition) is 3. The van der Waals surface area contributed by atoms with Gasteiger partial charge in [-0.05, 0) is 42.0 Å². The summed E-state index contributed by atoms with van der Waals surface area (Å²) in [4.78, 5) is 25.3. The number of carbonyl (C=O) groups excluding carboxylic acids is 2. The molecule has 0 bridgehead atoms. The Morgan fingerprint density at radius 2 is 1.43 bits per heavy atom. The monoisotopic (exact) mass is 619 g/mol. The number of benzene rings is 3. The highest BCUT2D eigenvalue weighted by Gasteiger charge is 2.21. The Kier molecular flexibility index (Phi) is 9.15. The maximum atomic E-state index is 12.8. The summed E-state index contributed by atoms with van der Waals surface area (Å²) in [7, 11) is 0. The minimum Gasteiger partial charge on any atom is -0.410 e. The van der Waals surface area contributed by atoms with Gasteiger partial charge in [0.25, 0.3) is 0 Å². The maximum absolute atomic E-state index is 12.8. The molecule has 12 heteroatoms. The number of aromatic nitrogens is 2. The normalized spacial score (nSPS) is 11.2. The number of nitrogens with one attached hydrogen (secondary N) is 3. The zero-order chi connectivity index (χ0) is 29.0. The van der Waals surface area contributed by atoms with Crippen LogP contribution in [0.25, 0.3) is 0 Å². The van der Waals surface area contributed by atoms with Crippen LogP contribution in [0.4, 0.5) is 26.8 Å². The maximum Gasteiger partial charge on any atom is 0.417 e. The van der Waals surface area contributed by atoms with Gasteiger partial charge in [-0.25, -0.2) is 14.3 Å². The summed E-state index contributed by atoms with van der Waals surface area (Å²) in [5.41, 5.74) is 1.97. The molecule has 4 aromatic rings. The van der Waals surface area contributed by atoms with Gasteiger partial charge in [0.1, 0.15) is 11.6 Å². The molecule has 3 amide bonds. The van der Waals surface area contributed by atoms with Crippen LogP contribution in [0.5, 0.6) is 5.75 Å². The number of rotatable bonds is 6. The number of ether oxygens (including phenoxy) is 1. The molecule has 4 rings (SSSR count). The molecule has 40 heavy (non-hydrogen) atoms. The molecule has 1 heterocycles. The number of hydrogen-bond acceptors (Lipinski definition) is 4. The van der Waals surface area contributed by atoms with Gasteiger partial charge < -0.3 is 10.1 Å². The van der Waals surface area contributed by atoms with Gasteiger partial charge >= 0.3 is 12.1 Å². The molecule has 0 fully saturated rings. The third-order valence-electron chi connectivity index (χ3n) is 5.62. The molecule has 0 spiro atoms. The van der Waals surface area contributed by atoms with Crippen LogP contribution < -0.4 is 20.7 Å². The first-order valence-corrected chi connectivity index (χ1v) is 13.5. The van der Waals surface area contributed by atoms with E-state index in [9.17, 15) is 9.59 Å². The lowest BCUT2D eigenvalue weighted by Crippen LogP contribution is -2.22. The van der Waals surface area contributed by atoms with Gasteiger partial charge in [-0.3, -0.25) is 10.6 Å². The fourth-order valence-corrected chi connectivity index (χ4v) is 4.29. The molecule has 0 saturated heterocycles. The summed E-state index contributed by atoms with van der Waals surface area (Å²) in [6, 6.07) is 18.1. The zero-order valence-electron chi connectivity index (χ0n) is 21.7. The second-order valence-electron chi connectivity index (χ2n) is 9.77. The third-order valence-corrected chi connectivity index (χ3v) is 7.26. The van der Waals surface area contributed by atoms with E-state index >= 15 is 0 Å². The number of halogens is 4. The lowest BCUT2D eigenvalue weighted by Gasteiger charge is -2.14. The summed E-state index contributed by atoms with van der Waals surface area (Å²) < 4.78 is 7.11. The predicted octanol–water partition coefficient (Wildman–Crippen LogP) is 9.10. The summed E-state index contributed by atoms with van der Waals surface area (Å²) >= 11 is 24.4. The summed E-state index contributed by atoms with van der Waals surface area (Å²) in [6.07, 6.45) is -0.728. The van der Waals surface area contributed by atoms with Crippen molar-refractivity contribution in [3.05, 3.63) is 98.1 Å². The third kappa shape index (κ3) is 7.40. The molecule has 3 N–H and O–H groups in total. The fourth-order valence-electron chi connectivity index (χ4n) is 3.60. The largest absolute Gasteiger partial charge is 0.417 e. The average molecular weight is 621 g/mol. The van der Waals surface area contributed by atoms with E-state index < -0.39 is 12.1 Å². The first-order chi connectivity index (χ1) is 18.9. The number of carbonyl (C=O) groups is 2. The highest BCUT2D eigenvalue weighted by Crippen LogP contribution is 2.31. The standard InChI is InChI=1S/C28H25Cl4N5O3/c1-28(2,3)22-14-23(35-26(38)33-20-11-5-9-18(29)24(20)31)37(36-22)15-16-7-4-8-17(13-16)40-27(39)34-21-12-6-10-19(30)25(21)32/h4-14H,15H2,1-3H3,(H,34,39)(H2,33,35,38). The minimum atomic E-state index is -0.728. The van der Waals surface area contributed by atoms with Crippen LogP contribution in [0.2, 0.25) is 20.1 Å². The van der Waals surface area contributed by atoms with E-state index in [2.05, 4.69) is 16.0 Å². The van der Waals surface area contributed by atoms with Gasteiger partial charge in [-0.15, -0.1) is 0 Å². The second-order valence-corrected chi connectivity index (χ2v) is 11.3. The average Bonchev–Trinajstić information content (AvgIpc) is 3.27. The Hall–Kier alpha value is -3.43. The molecule has 0 aliphatic rings. The predicted molar refractivity (Wildman–Crippen MR) is 162 cm³/mol. The first-order valence-electron chi connectivity index (χ1n) is 12.0. The van der Waals surface area contributed by atoms with Gasteiger partial charge in [0.15, 0.2) is 0 Å². The molecule has 0 radical (unpaired) electrons. The fraction of sp³-hybridized carbons (Fsp3) is 0.179. The zero-order valence-corrected chi connectivity index (χ0v) is 24.7. The van der Waals surface area contributed by atoms with Crippen molar-refractivity contribution in [1.82, 2.24) is 9.78 Å². The van der Waals surface area contributed by atoms with Crippen molar-refractivity contribution in [2.75, 3.05) is 16.0 Å². The first kappa shape index (κ1) is 29.6. The van der Waals surface area contributed by atoms with Crippen molar-refractivity contribution in [3.63, 3.8) is 0 Å². The lowest BCUT2D eigenvalue weighted by molar-refractivity contribution is 0.215. The molecule has 3 aromatic carbocycles. The topological polar surface area (TPSA) is 97.3 Å². The highest BCUT2D eigenvalue weighted by molar-refractivity contribution is 6.44. The van der Waals surface area contributed by atoms with Gasteiger partial charge in [0.05, 0.1) is 43.7 Å². The van der Waals surface area contributed by atoms with Crippen LogP contribution in [0, 0.1) is 0 Å². The van der Waals surface area contributed by atoms with Crippen LogP contribution in [0.1, 0.15) is 32.0 Å². The van der Waals surface area contributed by atoms with Crippen LogP contribution in [0.15, 0.2) is 66.7 Å². The van der Waals surface area contributed by atoms with Crippen molar-refractivity contribution in [2.45, 2.75) is 32.7 Å². The SMILES string of the molecule is CC(C)(C)c1cc(NC(=O)Nc2cccc(Cl)c2Cl)n(Cc2cccc(OC(=O)Nc3cccc(Cl)c3Cl)c2)n1. The van der Waals surface area contributed by atoms with Gasteiger partial charge in [-0.1, -0.05) is 91.4 Å². The Bertz CT molecular complexity index is 1570. The van der Waals surface area contributed by atoms with Crippen molar-refractivity contribution >= 4 is 75.7 Å². The van der Waals surface area contributed by atoms with E-state index in [1.165, 1.54) is 0 Å². The number of nitrogens with zero attached hydrogens (tertiary/aromatic N) is 2. The van der Waals surface area contributed by atoms with Crippen LogP contribution in [-0.4, -0.2) is 21.9 Å². The van der Waals surface area contributed by atoms with E-state index in [1.54, 1.807) is 59.3 Å². The van der Waals surface area contributed by atoms with Crippen molar-refractivity contribution < 1.29 is 14.3 Å². The highest BCUT2D eigenvalue weighted by atomic mass is 35.5. The van der Waals surface area contributed by atoms with E-state index in [-0.39, 0.29) is 22.0 Å². The van der Waals surface area contributed by atoms with Crippen molar-refractivity contribution in [3.8, 4) is 5.75 Å². The summed E-state index contributed by atoms with van der Waals surface area (Å²) in [5.74, 6) is 0.763. The van der Waals surface area contributed by atoms with E-state index in [1.807, 2.05) is 32.9 Å². The quantitative estimate of drug-likeness (QED) is 0.200. The Balaban J connectivity index is 1.51. The smallest absolute Gasteiger partial charge is 0.410 e. The molecule has 208 valence electrons. The van der Waals surface area contributed by atoms with E-state index in [4.69, 9.17) is 56.2 Å². The van der Waals surface area contributed by atoms with Crippen LogP contribution in [0.3, 0.4) is 0 Å². The van der Waals surface area contributed by atoms with Gasteiger partial charge in [-0.2, -0.15) is 5.10 Å². The number of urea groups is 1. The summed E-state index contributed by atoms with van der Waals surface area (Å²) in [5, 5.41) is 13.9. The molecule has 0 unspecified atom stereocenters. The Morgan fingerprint density at radius 3 is 2.05 bits per heavy atom. The second kappa shape index (κ2) is 12.4. The minimum absolute atomic E-state index is 0.213. The summed E-state index contributed by atoms with van der Waals surface area (Å²) in [6.45, 7) is 6.35. The molecule has 1 aromatic heterocycles. The molecule has 8 nitrogen and oxygen atoms in total. The van der Waals surface area contributed by atoms with Gasteiger partial charge in [0.2, 0.25) is 0 Å². The lowest BCUT2D eigenvalue weighted by atomic mass is 9.92.